The van der Waals surface area contributed by atoms with Crippen LogP contribution in [0.25, 0.3) is 0 Å². The van der Waals surface area contributed by atoms with Gasteiger partial charge in [0.05, 0.1) is 24.8 Å². The Morgan fingerprint density at radius 2 is 1.41 bits per heavy atom. The predicted molar refractivity (Wildman–Crippen MR) is 103 cm³/mol. The van der Waals surface area contributed by atoms with E-state index in [4.69, 9.17) is 9.47 Å². The zero-order chi connectivity index (χ0) is 21.2. The number of para-hydroxylation sites is 1. The molecule has 0 N–H and O–H groups in total. The molecule has 0 saturated carbocycles. The van der Waals surface area contributed by atoms with Gasteiger partial charge in [0.1, 0.15) is 6.54 Å². The summed E-state index contributed by atoms with van der Waals surface area (Å²) in [6.07, 6.45) is 0. The summed E-state index contributed by atoms with van der Waals surface area (Å²) >= 11 is 0. The summed E-state index contributed by atoms with van der Waals surface area (Å²) in [5, 5.41) is 0. The number of hydrogen-bond acceptors (Lipinski definition) is 7. The first-order chi connectivity index (χ1) is 14.0. The SMILES string of the molecule is CCOC(=O)CN(C(=O)COC(=O)c1ccc(C(=O)OC)cc1)c1ccccc1. The number of methoxy groups -OCH3 is 1. The molecule has 0 heterocycles. The molecular weight excluding hydrogens is 378 g/mol. The maximum Gasteiger partial charge on any atom is 0.338 e. The van der Waals surface area contributed by atoms with Crippen molar-refractivity contribution in [2.45, 2.75) is 6.92 Å². The van der Waals surface area contributed by atoms with Crippen LogP contribution in [0.2, 0.25) is 0 Å². The fourth-order valence-corrected chi connectivity index (χ4v) is 2.42. The van der Waals surface area contributed by atoms with Crippen LogP contribution in [0.3, 0.4) is 0 Å². The van der Waals surface area contributed by atoms with Crippen molar-refractivity contribution < 1.29 is 33.4 Å². The largest absolute Gasteiger partial charge is 0.465 e. The zero-order valence-corrected chi connectivity index (χ0v) is 16.1. The lowest BCUT2D eigenvalue weighted by Crippen LogP contribution is -2.39. The third-order valence-electron chi connectivity index (χ3n) is 3.83. The Morgan fingerprint density at radius 1 is 0.828 bits per heavy atom. The molecule has 0 saturated heterocycles. The predicted octanol–water partition coefficient (Wildman–Crippen LogP) is 2.23. The van der Waals surface area contributed by atoms with Gasteiger partial charge in [-0.15, -0.1) is 0 Å². The number of ether oxygens (including phenoxy) is 3. The van der Waals surface area contributed by atoms with Gasteiger partial charge in [-0.25, -0.2) is 9.59 Å². The second-order valence-corrected chi connectivity index (χ2v) is 5.77. The van der Waals surface area contributed by atoms with Gasteiger partial charge in [0.15, 0.2) is 6.61 Å². The van der Waals surface area contributed by atoms with Gasteiger partial charge in [0.2, 0.25) is 0 Å². The molecular formula is C21H21NO7. The highest BCUT2D eigenvalue weighted by Crippen LogP contribution is 2.14. The molecule has 0 unspecified atom stereocenters. The number of esters is 3. The van der Waals surface area contributed by atoms with Crippen LogP contribution >= 0.6 is 0 Å². The van der Waals surface area contributed by atoms with Crippen molar-refractivity contribution in [1.29, 1.82) is 0 Å². The standard InChI is InChI=1S/C21H21NO7/c1-3-28-19(24)13-22(17-7-5-4-6-8-17)18(23)14-29-21(26)16-11-9-15(10-12-16)20(25)27-2/h4-12H,3,13-14H2,1-2H3. The smallest absolute Gasteiger partial charge is 0.338 e. The first-order valence-electron chi connectivity index (χ1n) is 8.82. The van der Waals surface area contributed by atoms with Crippen LogP contribution in [0.4, 0.5) is 5.69 Å². The number of carbonyl (C=O) groups is 4. The van der Waals surface area contributed by atoms with Crippen molar-refractivity contribution in [2.75, 3.05) is 31.8 Å². The number of rotatable bonds is 8. The average molecular weight is 399 g/mol. The summed E-state index contributed by atoms with van der Waals surface area (Å²) in [5.41, 5.74) is 0.927. The molecule has 2 aromatic rings. The van der Waals surface area contributed by atoms with Crippen molar-refractivity contribution >= 4 is 29.5 Å². The summed E-state index contributed by atoms with van der Waals surface area (Å²) in [6, 6.07) is 14.1. The van der Waals surface area contributed by atoms with Crippen molar-refractivity contribution in [1.82, 2.24) is 0 Å². The normalized spacial score (nSPS) is 10.0. The molecule has 0 fully saturated rings. The highest BCUT2D eigenvalue weighted by atomic mass is 16.5. The monoisotopic (exact) mass is 399 g/mol. The Hall–Kier alpha value is -3.68. The van der Waals surface area contributed by atoms with E-state index in [1.165, 1.54) is 36.3 Å². The molecule has 152 valence electrons. The molecule has 8 nitrogen and oxygen atoms in total. The third kappa shape index (κ3) is 6.17. The lowest BCUT2D eigenvalue weighted by atomic mass is 10.1. The van der Waals surface area contributed by atoms with Crippen LogP contribution in [-0.2, 0) is 23.8 Å². The lowest BCUT2D eigenvalue weighted by Gasteiger charge is -2.21. The van der Waals surface area contributed by atoms with E-state index >= 15 is 0 Å². The molecule has 0 aliphatic carbocycles. The fraction of sp³-hybridized carbons (Fsp3) is 0.238. The number of anilines is 1. The Kier molecular flexibility index (Phi) is 7.90. The van der Waals surface area contributed by atoms with Gasteiger partial charge in [-0.3, -0.25) is 14.5 Å². The topological polar surface area (TPSA) is 99.2 Å². The minimum atomic E-state index is -0.737. The van der Waals surface area contributed by atoms with Crippen molar-refractivity contribution in [2.24, 2.45) is 0 Å². The average Bonchev–Trinajstić information content (AvgIpc) is 2.76. The number of amides is 1. The van der Waals surface area contributed by atoms with Crippen molar-refractivity contribution in [3.05, 3.63) is 65.7 Å². The third-order valence-corrected chi connectivity index (χ3v) is 3.83. The summed E-state index contributed by atoms with van der Waals surface area (Å²) < 4.78 is 14.6. The summed E-state index contributed by atoms with van der Waals surface area (Å²) in [4.78, 5) is 49.2. The molecule has 0 radical (unpaired) electrons. The Bertz CT molecular complexity index is 862. The maximum atomic E-state index is 12.6. The highest BCUT2D eigenvalue weighted by molar-refractivity contribution is 6.00. The van der Waals surface area contributed by atoms with E-state index in [-0.39, 0.29) is 24.3 Å². The van der Waals surface area contributed by atoms with E-state index in [9.17, 15) is 19.2 Å². The second-order valence-electron chi connectivity index (χ2n) is 5.77. The van der Waals surface area contributed by atoms with Crippen molar-refractivity contribution in [3.8, 4) is 0 Å². The number of carbonyl (C=O) groups excluding carboxylic acids is 4. The Morgan fingerprint density at radius 3 is 1.97 bits per heavy atom. The molecule has 2 rings (SSSR count). The highest BCUT2D eigenvalue weighted by Gasteiger charge is 2.21. The van der Waals surface area contributed by atoms with E-state index < -0.39 is 30.4 Å². The molecule has 0 atom stereocenters. The van der Waals surface area contributed by atoms with Gasteiger partial charge in [0.25, 0.3) is 5.91 Å². The number of benzene rings is 2. The fourth-order valence-electron chi connectivity index (χ4n) is 2.42. The van der Waals surface area contributed by atoms with Gasteiger partial charge in [-0.1, -0.05) is 18.2 Å². The Balaban J connectivity index is 2.04. The van der Waals surface area contributed by atoms with E-state index in [0.29, 0.717) is 5.69 Å². The molecule has 0 aromatic heterocycles. The molecule has 1 amide bonds. The van der Waals surface area contributed by atoms with E-state index in [1.54, 1.807) is 37.3 Å². The summed E-state index contributed by atoms with van der Waals surface area (Å²) in [6.45, 7) is 0.986. The summed E-state index contributed by atoms with van der Waals surface area (Å²) in [7, 11) is 1.25. The maximum absolute atomic E-state index is 12.6. The van der Waals surface area contributed by atoms with Gasteiger partial charge in [0, 0.05) is 5.69 Å². The second kappa shape index (κ2) is 10.6. The van der Waals surface area contributed by atoms with Crippen molar-refractivity contribution in [3.63, 3.8) is 0 Å². The van der Waals surface area contributed by atoms with Crippen LogP contribution in [-0.4, -0.2) is 50.7 Å². The van der Waals surface area contributed by atoms with E-state index in [0.717, 1.165) is 0 Å². The first-order valence-corrected chi connectivity index (χ1v) is 8.82. The molecule has 0 bridgehead atoms. The molecule has 0 spiro atoms. The molecule has 2 aromatic carbocycles. The minimum absolute atomic E-state index is 0.169. The van der Waals surface area contributed by atoms with Crippen LogP contribution in [0.15, 0.2) is 54.6 Å². The first kappa shape index (κ1) is 21.6. The van der Waals surface area contributed by atoms with Crippen LogP contribution in [0.1, 0.15) is 27.6 Å². The van der Waals surface area contributed by atoms with Gasteiger partial charge in [-0.05, 0) is 43.3 Å². The van der Waals surface area contributed by atoms with E-state index in [2.05, 4.69) is 4.74 Å². The molecule has 0 aliphatic heterocycles. The van der Waals surface area contributed by atoms with Crippen LogP contribution in [0.5, 0.6) is 0 Å². The summed E-state index contributed by atoms with van der Waals surface area (Å²) in [5.74, 6) is -2.42. The van der Waals surface area contributed by atoms with Crippen LogP contribution in [0, 0.1) is 0 Å². The van der Waals surface area contributed by atoms with Gasteiger partial charge >= 0.3 is 17.9 Å². The Labute approximate surface area is 168 Å². The number of nitrogens with zero attached hydrogens (tertiary/aromatic N) is 1. The van der Waals surface area contributed by atoms with Gasteiger partial charge in [-0.2, -0.15) is 0 Å². The molecule has 0 aliphatic rings. The van der Waals surface area contributed by atoms with Gasteiger partial charge < -0.3 is 14.2 Å². The quantitative estimate of drug-likeness (QED) is 0.496. The minimum Gasteiger partial charge on any atom is -0.465 e. The molecule has 8 heteroatoms. The lowest BCUT2D eigenvalue weighted by molar-refractivity contribution is -0.142. The number of hydrogen-bond donors (Lipinski definition) is 0. The van der Waals surface area contributed by atoms with E-state index in [1.807, 2.05) is 0 Å². The molecule has 29 heavy (non-hydrogen) atoms. The van der Waals surface area contributed by atoms with Crippen LogP contribution < -0.4 is 4.90 Å². The zero-order valence-electron chi connectivity index (χ0n) is 16.1.